The van der Waals surface area contributed by atoms with E-state index in [1.54, 1.807) is 0 Å². The Morgan fingerprint density at radius 3 is 0.843 bits per heavy atom. The summed E-state index contributed by atoms with van der Waals surface area (Å²) in [4.78, 5) is 38.2. The van der Waals surface area contributed by atoms with Crippen molar-refractivity contribution in [3.05, 3.63) is 72.9 Å². The number of allylic oxidation sites excluding steroid dienone is 12. The molecule has 0 aromatic rings. The second kappa shape index (κ2) is 58.4. The van der Waals surface area contributed by atoms with Gasteiger partial charge in [0.15, 0.2) is 6.10 Å². The Hall–Kier alpha value is -3.15. The molecule has 1 unspecified atom stereocenters. The van der Waals surface area contributed by atoms with Gasteiger partial charge in [-0.15, -0.1) is 0 Å². The number of carbonyl (C=O) groups excluding carboxylic acids is 3. The van der Waals surface area contributed by atoms with Crippen LogP contribution in [0.4, 0.5) is 0 Å². The molecule has 0 aliphatic rings. The maximum Gasteiger partial charge on any atom is 0.306 e. The molecule has 6 heteroatoms. The van der Waals surface area contributed by atoms with Crippen molar-refractivity contribution in [1.29, 1.82) is 0 Å². The molecule has 404 valence electrons. The molecule has 0 bridgehead atoms. The number of carbonyl (C=O) groups is 3. The van der Waals surface area contributed by atoms with Crippen molar-refractivity contribution in [3.63, 3.8) is 0 Å². The van der Waals surface area contributed by atoms with E-state index < -0.39 is 6.10 Å². The first-order chi connectivity index (χ1) is 34.5. The van der Waals surface area contributed by atoms with Gasteiger partial charge in [-0.05, 0) is 96.3 Å². The van der Waals surface area contributed by atoms with Gasteiger partial charge in [0.05, 0.1) is 0 Å². The number of hydrogen-bond donors (Lipinski definition) is 0. The molecule has 0 radical (unpaired) electrons. The van der Waals surface area contributed by atoms with Crippen molar-refractivity contribution in [1.82, 2.24) is 0 Å². The summed E-state index contributed by atoms with van der Waals surface area (Å²) in [6.45, 7) is 6.60. The van der Waals surface area contributed by atoms with E-state index in [1.807, 2.05) is 0 Å². The van der Waals surface area contributed by atoms with Crippen molar-refractivity contribution in [2.75, 3.05) is 13.2 Å². The van der Waals surface area contributed by atoms with Crippen LogP contribution in [-0.2, 0) is 28.6 Å². The Kier molecular flexibility index (Phi) is 55.8. The fourth-order valence-corrected chi connectivity index (χ4v) is 8.43. The molecule has 0 spiro atoms. The third-order valence-corrected chi connectivity index (χ3v) is 13.0. The van der Waals surface area contributed by atoms with Crippen LogP contribution in [0.5, 0.6) is 0 Å². The minimum Gasteiger partial charge on any atom is -0.462 e. The van der Waals surface area contributed by atoms with Crippen LogP contribution in [0.25, 0.3) is 0 Å². The van der Waals surface area contributed by atoms with Crippen LogP contribution in [0, 0.1) is 0 Å². The number of rotatable bonds is 54. The largest absolute Gasteiger partial charge is 0.462 e. The lowest BCUT2D eigenvalue weighted by atomic mass is 10.1. The molecule has 0 aliphatic carbocycles. The maximum atomic E-state index is 12.9. The number of hydrogen-bond acceptors (Lipinski definition) is 6. The molecule has 0 N–H and O–H groups in total. The van der Waals surface area contributed by atoms with Gasteiger partial charge in [-0.3, -0.25) is 14.4 Å². The smallest absolute Gasteiger partial charge is 0.306 e. The zero-order chi connectivity index (χ0) is 50.7. The first kappa shape index (κ1) is 66.9. The zero-order valence-corrected chi connectivity index (χ0v) is 46.3. The molecule has 70 heavy (non-hydrogen) atoms. The van der Waals surface area contributed by atoms with E-state index in [2.05, 4.69) is 93.7 Å². The van der Waals surface area contributed by atoms with E-state index >= 15 is 0 Å². The van der Waals surface area contributed by atoms with Crippen molar-refractivity contribution >= 4 is 17.9 Å². The molecular formula is C64H112O6. The van der Waals surface area contributed by atoms with Crippen LogP contribution in [0.3, 0.4) is 0 Å². The SMILES string of the molecule is CCCCCCC\C=C/C=C\C=C/CCCCCCCC(=O)OCC(COC(=O)CCCCCCC/C=C\CCCCCCCCC)OC(=O)CCCCCCC/C=C\C=C/CCCCCCCCC. The van der Waals surface area contributed by atoms with Crippen LogP contribution < -0.4 is 0 Å². The molecule has 0 aliphatic heterocycles. The van der Waals surface area contributed by atoms with E-state index in [4.69, 9.17) is 14.2 Å². The molecule has 0 aromatic carbocycles. The monoisotopic (exact) mass is 977 g/mol. The van der Waals surface area contributed by atoms with Gasteiger partial charge in [-0.25, -0.2) is 0 Å². The predicted molar refractivity (Wildman–Crippen MR) is 302 cm³/mol. The summed E-state index contributed by atoms with van der Waals surface area (Å²) >= 11 is 0. The highest BCUT2D eigenvalue weighted by molar-refractivity contribution is 5.71. The van der Waals surface area contributed by atoms with E-state index in [-0.39, 0.29) is 31.1 Å². The summed E-state index contributed by atoms with van der Waals surface area (Å²) in [6.07, 6.45) is 74.6. The molecule has 0 heterocycles. The maximum absolute atomic E-state index is 12.9. The van der Waals surface area contributed by atoms with Crippen molar-refractivity contribution in [3.8, 4) is 0 Å². The summed E-state index contributed by atoms with van der Waals surface area (Å²) in [5.41, 5.74) is 0. The van der Waals surface area contributed by atoms with Crippen LogP contribution in [0.1, 0.15) is 297 Å². The van der Waals surface area contributed by atoms with Crippen molar-refractivity contribution in [2.45, 2.75) is 303 Å². The van der Waals surface area contributed by atoms with Gasteiger partial charge in [-0.1, -0.05) is 254 Å². The van der Waals surface area contributed by atoms with Gasteiger partial charge in [0, 0.05) is 19.3 Å². The number of esters is 3. The molecular weight excluding hydrogens is 865 g/mol. The van der Waals surface area contributed by atoms with Crippen LogP contribution in [0.2, 0.25) is 0 Å². The second-order valence-electron chi connectivity index (χ2n) is 20.0. The standard InChI is InChI=1S/C64H112O6/c1-4-7-10-13-16-19-22-25-28-31-33-36-39-42-45-48-51-54-57-63(66)69-60-61(59-68-62(65)56-53-50-47-44-41-38-35-30-27-24-21-18-15-12-9-6-3)70-64(67)58-55-52-49-46-43-40-37-34-32-29-26-23-20-17-14-11-8-5-2/h22,25,28-37,61H,4-21,23-24,26-27,38-60H2,1-3H3/b25-22-,31-28-,32-29-,35-30-,36-33-,37-34-. The number of unbranched alkanes of at least 4 members (excludes halogenated alkanes) is 34. The molecule has 0 amide bonds. The molecule has 0 saturated carbocycles. The van der Waals surface area contributed by atoms with Gasteiger partial charge in [0.1, 0.15) is 13.2 Å². The van der Waals surface area contributed by atoms with Gasteiger partial charge >= 0.3 is 17.9 Å². The average Bonchev–Trinajstić information content (AvgIpc) is 3.36. The molecule has 0 saturated heterocycles. The normalized spacial score (nSPS) is 12.6. The second-order valence-corrected chi connectivity index (χ2v) is 20.0. The summed E-state index contributed by atoms with van der Waals surface area (Å²) in [5.74, 6) is -0.925. The van der Waals surface area contributed by atoms with E-state index in [9.17, 15) is 14.4 Å². The lowest BCUT2D eigenvalue weighted by Gasteiger charge is -2.18. The highest BCUT2D eigenvalue weighted by Gasteiger charge is 2.19. The molecule has 6 nitrogen and oxygen atoms in total. The Balaban J connectivity index is 4.46. The molecule has 1 atom stereocenters. The lowest BCUT2D eigenvalue weighted by Crippen LogP contribution is -2.30. The average molecular weight is 978 g/mol. The Morgan fingerprint density at radius 2 is 0.529 bits per heavy atom. The van der Waals surface area contributed by atoms with E-state index in [0.29, 0.717) is 19.3 Å². The molecule has 0 aromatic heterocycles. The quantitative estimate of drug-likeness (QED) is 0.0199. The van der Waals surface area contributed by atoms with Gasteiger partial charge < -0.3 is 14.2 Å². The highest BCUT2D eigenvalue weighted by Crippen LogP contribution is 2.15. The predicted octanol–water partition coefficient (Wildman–Crippen LogP) is 20.2. The zero-order valence-electron chi connectivity index (χ0n) is 46.3. The van der Waals surface area contributed by atoms with Crippen LogP contribution >= 0.6 is 0 Å². The summed E-state index contributed by atoms with van der Waals surface area (Å²) < 4.78 is 16.9. The minimum absolute atomic E-state index is 0.0923. The van der Waals surface area contributed by atoms with Gasteiger partial charge in [-0.2, -0.15) is 0 Å². The summed E-state index contributed by atoms with van der Waals surface area (Å²) in [7, 11) is 0. The molecule has 0 rings (SSSR count). The van der Waals surface area contributed by atoms with E-state index in [1.165, 1.54) is 154 Å². The highest BCUT2D eigenvalue weighted by atomic mass is 16.6. The topological polar surface area (TPSA) is 78.9 Å². The first-order valence-corrected chi connectivity index (χ1v) is 30.0. The molecule has 0 fully saturated rings. The number of ether oxygens (including phenoxy) is 3. The van der Waals surface area contributed by atoms with E-state index in [0.717, 1.165) is 103 Å². The van der Waals surface area contributed by atoms with Gasteiger partial charge in [0.2, 0.25) is 0 Å². The van der Waals surface area contributed by atoms with Crippen molar-refractivity contribution in [2.24, 2.45) is 0 Å². The minimum atomic E-state index is -0.796. The van der Waals surface area contributed by atoms with Crippen LogP contribution in [0.15, 0.2) is 72.9 Å². The Labute approximate surface area is 433 Å². The third kappa shape index (κ3) is 55.8. The lowest BCUT2D eigenvalue weighted by molar-refractivity contribution is -0.167. The summed E-state index contributed by atoms with van der Waals surface area (Å²) in [5, 5.41) is 0. The fraction of sp³-hybridized carbons (Fsp3) is 0.766. The third-order valence-electron chi connectivity index (χ3n) is 13.0. The van der Waals surface area contributed by atoms with Gasteiger partial charge in [0.25, 0.3) is 0 Å². The Bertz CT molecular complexity index is 1310. The Morgan fingerprint density at radius 1 is 0.286 bits per heavy atom. The first-order valence-electron chi connectivity index (χ1n) is 30.0. The summed E-state index contributed by atoms with van der Waals surface area (Å²) in [6, 6.07) is 0. The van der Waals surface area contributed by atoms with Crippen molar-refractivity contribution < 1.29 is 28.6 Å². The van der Waals surface area contributed by atoms with Crippen LogP contribution in [-0.4, -0.2) is 37.2 Å². The fourth-order valence-electron chi connectivity index (χ4n) is 8.43.